The lowest BCUT2D eigenvalue weighted by molar-refractivity contribution is 1.51. The minimum atomic E-state index is 1.31. The molecule has 0 spiro atoms. The third kappa shape index (κ3) is 10.4. The maximum absolute atomic E-state index is 2.28. The van der Waals surface area contributed by atoms with Crippen LogP contribution in [0.2, 0.25) is 0 Å². The molecule has 0 unspecified atom stereocenters. The van der Waals surface area contributed by atoms with Gasteiger partial charge in [-0.25, -0.2) is 0 Å². The van der Waals surface area contributed by atoms with Gasteiger partial charge >= 0.3 is 0 Å². The molecule has 0 saturated heterocycles. The van der Waals surface area contributed by atoms with Crippen molar-refractivity contribution >= 4 is 97.0 Å². The monoisotopic (exact) mass is 910 g/mol. The predicted octanol–water partition coefficient (Wildman–Crippen LogP) is 20.4. The minimum absolute atomic E-state index is 1.31. The molecule has 14 aromatic carbocycles. The molecule has 0 bridgehead atoms. The van der Waals surface area contributed by atoms with Crippen LogP contribution < -0.4 is 0 Å². The SMILES string of the molecule is Cc1c2ccccc2cc2ccccc12.Cc1cc2ccccc2c2ccccc12.Cc1ccc2cc3ccccc3cc2c1.Cc1ccc2ccccc2c1.Cc1cccc2cc3ccccc3cc12. The first-order chi connectivity index (χ1) is 34.8. The molecule has 0 atom stereocenters. The topological polar surface area (TPSA) is 0 Å². The molecule has 0 radical (unpaired) electrons. The standard InChI is InChI=1S/4C15H12.C11H10/c1-11-14-8-4-2-6-12(14)10-13-7-3-5-9-15(11)13;1-11-10-12-6-2-3-8-14(12)15-9-5-4-7-13(11)15;1-11-5-4-8-14-9-12-6-2-3-7-13(12)10-15(11)14;1-11-6-7-14-9-12-4-2-3-5-13(12)10-15(14)8-11;1-9-6-7-10-4-2-3-5-11(10)8-9/h4*2-10H,1H3;2-8H,1H3. The number of benzene rings is 14. The summed E-state index contributed by atoms with van der Waals surface area (Å²) in [6, 6.07) is 92.8. The summed E-state index contributed by atoms with van der Waals surface area (Å²) in [6.45, 7) is 10.8. The Balaban J connectivity index is 0.000000103. The molecule has 0 amide bonds. The molecule has 0 nitrogen and oxygen atoms in total. The first kappa shape index (κ1) is 46.2. The maximum Gasteiger partial charge on any atom is -0.0103 e. The van der Waals surface area contributed by atoms with Crippen molar-refractivity contribution < 1.29 is 0 Å². The van der Waals surface area contributed by atoms with Gasteiger partial charge in [0, 0.05) is 0 Å². The molecule has 0 N–H and O–H groups in total. The van der Waals surface area contributed by atoms with Gasteiger partial charge in [0.25, 0.3) is 0 Å². The van der Waals surface area contributed by atoms with E-state index in [2.05, 4.69) is 295 Å². The normalized spacial score (nSPS) is 10.9. The Morgan fingerprint density at radius 2 is 0.507 bits per heavy atom. The Morgan fingerprint density at radius 1 is 0.169 bits per heavy atom. The number of aryl methyl sites for hydroxylation is 5. The molecule has 0 fully saturated rings. The quantitative estimate of drug-likeness (QED) is 0.105. The molecule has 14 rings (SSSR count). The molecule has 71 heavy (non-hydrogen) atoms. The molecule has 14 aromatic rings. The number of rotatable bonds is 0. The molecule has 342 valence electrons. The molecule has 0 aliphatic heterocycles. The third-order valence-corrected chi connectivity index (χ3v) is 13.7. The van der Waals surface area contributed by atoms with Crippen LogP contribution in [-0.4, -0.2) is 0 Å². The number of fused-ring (bicyclic) bond motifs is 10. The van der Waals surface area contributed by atoms with Gasteiger partial charge in [-0.1, -0.05) is 242 Å². The van der Waals surface area contributed by atoms with Gasteiger partial charge in [0.2, 0.25) is 0 Å². The summed E-state index contributed by atoms with van der Waals surface area (Å²) in [7, 11) is 0. The third-order valence-electron chi connectivity index (χ3n) is 13.7. The van der Waals surface area contributed by atoms with Gasteiger partial charge < -0.3 is 0 Å². The van der Waals surface area contributed by atoms with Gasteiger partial charge in [0.15, 0.2) is 0 Å². The summed E-state index contributed by atoms with van der Waals surface area (Å²) >= 11 is 0. The highest BCUT2D eigenvalue weighted by Crippen LogP contribution is 2.30. The van der Waals surface area contributed by atoms with Crippen LogP contribution >= 0.6 is 0 Å². The van der Waals surface area contributed by atoms with Gasteiger partial charge in [0.05, 0.1) is 0 Å². The second-order valence-electron chi connectivity index (χ2n) is 18.8. The summed E-state index contributed by atoms with van der Waals surface area (Å²) < 4.78 is 0. The molecule has 0 aromatic heterocycles. The molecule has 0 saturated carbocycles. The van der Waals surface area contributed by atoms with E-state index in [1.807, 2.05) is 0 Å². The zero-order chi connectivity index (χ0) is 48.7. The summed E-state index contributed by atoms with van der Waals surface area (Å²) in [4.78, 5) is 0. The van der Waals surface area contributed by atoms with E-state index in [9.17, 15) is 0 Å². The van der Waals surface area contributed by atoms with Gasteiger partial charge in [-0.15, -0.1) is 0 Å². The highest BCUT2D eigenvalue weighted by atomic mass is 14.1. The fourth-order valence-electron chi connectivity index (χ4n) is 9.97. The zero-order valence-corrected chi connectivity index (χ0v) is 41.3. The van der Waals surface area contributed by atoms with E-state index in [1.54, 1.807) is 0 Å². The fourth-order valence-corrected chi connectivity index (χ4v) is 9.97. The molecule has 0 heteroatoms. The highest BCUT2D eigenvalue weighted by molar-refractivity contribution is 6.09. The second kappa shape index (κ2) is 21.0. The average Bonchev–Trinajstić information content (AvgIpc) is 3.41. The van der Waals surface area contributed by atoms with Crippen molar-refractivity contribution in [3.05, 3.63) is 289 Å². The van der Waals surface area contributed by atoms with E-state index in [1.165, 1.54) is 125 Å². The second-order valence-corrected chi connectivity index (χ2v) is 18.8. The van der Waals surface area contributed by atoms with Crippen LogP contribution in [0.3, 0.4) is 0 Å². The Hall–Kier alpha value is -8.58. The van der Waals surface area contributed by atoms with Crippen LogP contribution in [0.15, 0.2) is 261 Å². The summed E-state index contributed by atoms with van der Waals surface area (Å²) in [5.41, 5.74) is 6.72. The van der Waals surface area contributed by atoms with Crippen molar-refractivity contribution in [3.8, 4) is 0 Å². The van der Waals surface area contributed by atoms with Crippen LogP contribution in [0, 0.1) is 34.6 Å². The van der Waals surface area contributed by atoms with E-state index >= 15 is 0 Å². The van der Waals surface area contributed by atoms with E-state index in [-0.39, 0.29) is 0 Å². The average molecular weight is 911 g/mol. The van der Waals surface area contributed by atoms with Gasteiger partial charge in [0.1, 0.15) is 0 Å². The lowest BCUT2D eigenvalue weighted by atomic mass is 9.98. The van der Waals surface area contributed by atoms with Crippen molar-refractivity contribution in [1.29, 1.82) is 0 Å². The Morgan fingerprint density at radius 3 is 1.08 bits per heavy atom. The van der Waals surface area contributed by atoms with Crippen LogP contribution in [0.25, 0.3) is 97.0 Å². The smallest absolute Gasteiger partial charge is 0.0103 e. The summed E-state index contributed by atoms with van der Waals surface area (Å²) in [5, 5.41) is 24.0. The van der Waals surface area contributed by atoms with Gasteiger partial charge in [-0.3, -0.25) is 0 Å². The lowest BCUT2D eigenvalue weighted by Gasteiger charge is -2.06. The molecule has 0 heterocycles. The van der Waals surface area contributed by atoms with Crippen LogP contribution in [-0.2, 0) is 0 Å². The predicted molar refractivity (Wildman–Crippen MR) is 313 cm³/mol. The first-order valence-corrected chi connectivity index (χ1v) is 24.7. The van der Waals surface area contributed by atoms with Crippen molar-refractivity contribution in [2.45, 2.75) is 34.6 Å². The maximum atomic E-state index is 2.28. The van der Waals surface area contributed by atoms with Gasteiger partial charge in [-0.2, -0.15) is 0 Å². The van der Waals surface area contributed by atoms with E-state index < -0.39 is 0 Å². The van der Waals surface area contributed by atoms with E-state index in [0.29, 0.717) is 0 Å². The molecular formula is C71H58. The van der Waals surface area contributed by atoms with Crippen LogP contribution in [0.1, 0.15) is 27.8 Å². The fraction of sp³-hybridized carbons (Fsp3) is 0.0704. The number of hydrogen-bond acceptors (Lipinski definition) is 0. The molecular weight excluding hydrogens is 853 g/mol. The van der Waals surface area contributed by atoms with Gasteiger partial charge in [-0.05, 0) is 179 Å². The van der Waals surface area contributed by atoms with Crippen molar-refractivity contribution in [2.75, 3.05) is 0 Å². The Kier molecular flexibility index (Phi) is 13.6. The van der Waals surface area contributed by atoms with Crippen LogP contribution in [0.5, 0.6) is 0 Å². The van der Waals surface area contributed by atoms with E-state index in [0.717, 1.165) is 0 Å². The lowest BCUT2D eigenvalue weighted by Crippen LogP contribution is -1.81. The Bertz CT molecular complexity index is 4060. The van der Waals surface area contributed by atoms with Crippen LogP contribution in [0.4, 0.5) is 0 Å². The number of hydrogen-bond donors (Lipinski definition) is 0. The minimum Gasteiger partial charge on any atom is -0.0616 e. The van der Waals surface area contributed by atoms with E-state index in [4.69, 9.17) is 0 Å². The zero-order valence-electron chi connectivity index (χ0n) is 41.3. The van der Waals surface area contributed by atoms with Crippen molar-refractivity contribution in [2.24, 2.45) is 0 Å². The van der Waals surface area contributed by atoms with Crippen molar-refractivity contribution in [3.63, 3.8) is 0 Å². The largest absolute Gasteiger partial charge is 0.0616 e. The first-order valence-electron chi connectivity index (χ1n) is 24.7. The Labute approximate surface area is 418 Å². The highest BCUT2D eigenvalue weighted by Gasteiger charge is 2.04. The van der Waals surface area contributed by atoms with Crippen molar-refractivity contribution in [1.82, 2.24) is 0 Å². The molecule has 0 aliphatic carbocycles. The molecule has 0 aliphatic rings. The summed E-state index contributed by atoms with van der Waals surface area (Å²) in [6.07, 6.45) is 0. The summed E-state index contributed by atoms with van der Waals surface area (Å²) in [5.74, 6) is 0.